The Labute approximate surface area is 72.9 Å². The molecule has 0 bridgehead atoms. The summed E-state index contributed by atoms with van der Waals surface area (Å²) < 4.78 is 6.64. The predicted octanol–water partition coefficient (Wildman–Crippen LogP) is 2.16. The summed E-state index contributed by atoms with van der Waals surface area (Å²) in [5, 5.41) is 0. The van der Waals surface area contributed by atoms with Crippen LogP contribution in [0, 0.1) is 0 Å². The van der Waals surface area contributed by atoms with Gasteiger partial charge in [0.2, 0.25) is 0 Å². The van der Waals surface area contributed by atoms with Gasteiger partial charge in [-0.3, -0.25) is 0 Å². The molecule has 0 saturated carbocycles. The first-order valence-electron chi connectivity index (χ1n) is 3.66. The zero-order valence-electron chi connectivity index (χ0n) is 6.22. The van der Waals surface area contributed by atoms with Gasteiger partial charge in [0, 0.05) is 0 Å². The summed E-state index contributed by atoms with van der Waals surface area (Å²) in [4.78, 5) is 0. The molecular weight excluding hydrogens is 296 g/mol. The molecule has 1 aliphatic carbocycles. The molecule has 0 fully saturated rings. The van der Waals surface area contributed by atoms with Crippen LogP contribution >= 0.6 is 0 Å². The quantitative estimate of drug-likeness (QED) is 0.760. The van der Waals surface area contributed by atoms with Crippen LogP contribution < -0.4 is 0 Å². The average molecular weight is 308 g/mol. The van der Waals surface area contributed by atoms with Gasteiger partial charge in [0.1, 0.15) is 0 Å². The van der Waals surface area contributed by atoms with E-state index in [9.17, 15) is 0 Å². The Hall–Kier alpha value is 0.0983. The normalized spacial score (nSPS) is 17.9. The summed E-state index contributed by atoms with van der Waals surface area (Å²) in [5.41, 5.74) is 0. The molecule has 0 aromatic rings. The summed E-state index contributed by atoms with van der Waals surface area (Å²) in [6.45, 7) is 2.03. The van der Waals surface area contributed by atoms with E-state index in [-0.39, 0.29) is 0 Å². The van der Waals surface area contributed by atoms with Crippen LogP contribution in [0.1, 0.15) is 32.6 Å². The summed E-state index contributed by atoms with van der Waals surface area (Å²) in [5.74, 6) is 1.19. The molecule has 0 N–H and O–H groups in total. The van der Waals surface area contributed by atoms with E-state index in [1.165, 1.54) is 44.4 Å². The molecular formula is C8H12OW. The molecule has 0 amide bonds. The molecule has 0 spiro atoms. The standard InChI is InChI=1S/C8H12O.W/c1-2-9-8-6-4-3-5-7-8;/h6H,3-5,7H2,1H3;. The Morgan fingerprint density at radius 2 is 2.40 bits per heavy atom. The maximum atomic E-state index is 5.51. The second kappa shape index (κ2) is 4.08. The van der Waals surface area contributed by atoms with Crippen LogP contribution in [0.4, 0.5) is 0 Å². The number of rotatable bonds is 2. The Morgan fingerprint density at radius 1 is 1.60 bits per heavy atom. The van der Waals surface area contributed by atoms with E-state index in [4.69, 9.17) is 4.74 Å². The van der Waals surface area contributed by atoms with Gasteiger partial charge in [-0.15, -0.1) is 0 Å². The number of hydrogen-bond acceptors (Lipinski definition) is 1. The summed E-state index contributed by atoms with van der Waals surface area (Å²) in [6.07, 6.45) is 7.20. The third-order valence-corrected chi connectivity index (χ3v) is 1.82. The van der Waals surface area contributed by atoms with E-state index in [2.05, 4.69) is 6.08 Å². The summed E-state index contributed by atoms with van der Waals surface area (Å²) >= 11 is 1.43. The van der Waals surface area contributed by atoms with Gasteiger partial charge in [0.05, 0.1) is 0 Å². The molecule has 0 aromatic heterocycles. The molecule has 0 atom stereocenters. The minimum atomic E-state index is 1.13. The third kappa shape index (κ3) is 2.79. The first kappa shape index (κ1) is 8.20. The Bertz CT molecular complexity index is 161. The molecule has 0 radical (unpaired) electrons. The van der Waals surface area contributed by atoms with Crippen molar-refractivity contribution in [2.45, 2.75) is 32.6 Å². The number of ether oxygens (including phenoxy) is 1. The van der Waals surface area contributed by atoms with Gasteiger partial charge in [-0.25, -0.2) is 0 Å². The molecule has 56 valence electrons. The van der Waals surface area contributed by atoms with Crippen molar-refractivity contribution in [2.75, 3.05) is 0 Å². The van der Waals surface area contributed by atoms with Crippen LogP contribution in [-0.2, 0) is 24.1 Å². The summed E-state index contributed by atoms with van der Waals surface area (Å²) in [6, 6.07) is 0. The van der Waals surface area contributed by atoms with Crippen molar-refractivity contribution in [1.82, 2.24) is 0 Å². The number of allylic oxidation sites excluding steroid dienone is 2. The second-order valence-corrected chi connectivity index (χ2v) is 4.58. The van der Waals surface area contributed by atoms with Gasteiger partial charge in [-0.05, 0) is 0 Å². The Morgan fingerprint density at radius 3 is 2.90 bits per heavy atom. The molecule has 0 aliphatic heterocycles. The fourth-order valence-corrected chi connectivity index (χ4v) is 1.47. The molecule has 0 saturated heterocycles. The Kier molecular flexibility index (Phi) is 3.34. The van der Waals surface area contributed by atoms with Gasteiger partial charge in [-0.1, -0.05) is 0 Å². The van der Waals surface area contributed by atoms with Crippen molar-refractivity contribution >= 4 is 4.08 Å². The zero-order valence-corrected chi connectivity index (χ0v) is 9.16. The van der Waals surface area contributed by atoms with Crippen molar-refractivity contribution in [1.29, 1.82) is 0 Å². The van der Waals surface area contributed by atoms with Gasteiger partial charge >= 0.3 is 72.6 Å². The van der Waals surface area contributed by atoms with Crippen LogP contribution in [-0.4, -0.2) is 4.08 Å². The molecule has 0 unspecified atom stereocenters. The number of hydrogen-bond donors (Lipinski definition) is 0. The molecule has 0 aromatic carbocycles. The van der Waals surface area contributed by atoms with Crippen molar-refractivity contribution < 1.29 is 24.1 Å². The van der Waals surface area contributed by atoms with Crippen LogP contribution in [0.3, 0.4) is 0 Å². The zero-order chi connectivity index (χ0) is 7.40. The molecule has 2 heteroatoms. The summed E-state index contributed by atoms with van der Waals surface area (Å²) in [7, 11) is 0. The van der Waals surface area contributed by atoms with E-state index in [0.717, 1.165) is 10.5 Å². The van der Waals surface area contributed by atoms with Crippen molar-refractivity contribution in [2.24, 2.45) is 0 Å². The maximum absolute atomic E-state index is 5.51. The van der Waals surface area contributed by atoms with E-state index in [1.807, 2.05) is 6.92 Å². The van der Waals surface area contributed by atoms with Crippen LogP contribution in [0.5, 0.6) is 0 Å². The SMILES string of the molecule is C[C](=[W])OC1=CCCCC1. The van der Waals surface area contributed by atoms with E-state index in [1.54, 1.807) is 0 Å². The van der Waals surface area contributed by atoms with E-state index >= 15 is 0 Å². The van der Waals surface area contributed by atoms with Crippen molar-refractivity contribution in [3.63, 3.8) is 0 Å². The average Bonchev–Trinajstić information content (AvgIpc) is 1.88. The first-order chi connectivity index (χ1) is 4.79. The molecule has 10 heavy (non-hydrogen) atoms. The molecule has 1 rings (SSSR count). The molecule has 0 heterocycles. The van der Waals surface area contributed by atoms with Gasteiger partial charge in [0.25, 0.3) is 0 Å². The van der Waals surface area contributed by atoms with Crippen molar-refractivity contribution in [3.8, 4) is 0 Å². The fourth-order valence-electron chi connectivity index (χ4n) is 1.09. The molecule has 1 aliphatic rings. The second-order valence-electron chi connectivity index (χ2n) is 2.51. The van der Waals surface area contributed by atoms with Gasteiger partial charge in [0.15, 0.2) is 0 Å². The van der Waals surface area contributed by atoms with Gasteiger partial charge in [-0.2, -0.15) is 0 Å². The third-order valence-electron chi connectivity index (χ3n) is 1.52. The molecule has 1 nitrogen and oxygen atoms in total. The van der Waals surface area contributed by atoms with E-state index in [0.29, 0.717) is 0 Å². The van der Waals surface area contributed by atoms with E-state index < -0.39 is 0 Å². The van der Waals surface area contributed by atoms with Gasteiger partial charge < -0.3 is 0 Å². The monoisotopic (exact) mass is 308 g/mol. The van der Waals surface area contributed by atoms with Crippen LogP contribution in [0.15, 0.2) is 11.8 Å². The fraction of sp³-hybridized carbons (Fsp3) is 0.625. The van der Waals surface area contributed by atoms with Crippen LogP contribution in [0.2, 0.25) is 0 Å². The topological polar surface area (TPSA) is 9.23 Å². The first-order valence-corrected chi connectivity index (χ1v) is 5.13. The minimum absolute atomic E-state index is 1.13. The van der Waals surface area contributed by atoms with Crippen LogP contribution in [0.25, 0.3) is 0 Å². The predicted molar refractivity (Wildman–Crippen MR) is 38.3 cm³/mol. The Balaban J connectivity index is 2.38. The van der Waals surface area contributed by atoms with Crippen molar-refractivity contribution in [3.05, 3.63) is 11.8 Å².